The monoisotopic (exact) mass is 262 g/mol. The van der Waals surface area contributed by atoms with Crippen LogP contribution in [0.2, 0.25) is 0 Å². The summed E-state index contributed by atoms with van der Waals surface area (Å²) >= 11 is 0. The molecule has 7 nitrogen and oxygen atoms in total. The third kappa shape index (κ3) is 3.14. The highest BCUT2D eigenvalue weighted by atomic mass is 16.5. The van der Waals surface area contributed by atoms with Gasteiger partial charge < -0.3 is 9.63 Å². The molecule has 0 aliphatic heterocycles. The van der Waals surface area contributed by atoms with E-state index in [0.29, 0.717) is 17.4 Å². The van der Waals surface area contributed by atoms with Crippen LogP contribution in [0.15, 0.2) is 28.9 Å². The second-order valence-corrected chi connectivity index (χ2v) is 4.16. The average Bonchev–Trinajstić information content (AvgIpc) is 2.87. The van der Waals surface area contributed by atoms with Gasteiger partial charge in [-0.05, 0) is 26.1 Å². The SMILES string of the molecule is CC(C(=O)O)N(C)Cc1nc(-c2ccccn2)no1. The van der Waals surface area contributed by atoms with E-state index in [4.69, 9.17) is 9.63 Å². The number of pyridine rings is 1. The molecule has 0 saturated carbocycles. The molecule has 2 aromatic rings. The maximum atomic E-state index is 10.8. The standard InChI is InChI=1S/C12H14N4O3/c1-8(12(17)18)16(2)7-10-14-11(15-19-10)9-5-3-4-6-13-9/h3-6,8H,7H2,1-2H3,(H,17,18). The Morgan fingerprint density at radius 3 is 2.95 bits per heavy atom. The first-order chi connectivity index (χ1) is 9.08. The molecule has 2 rings (SSSR count). The van der Waals surface area contributed by atoms with Crippen LogP contribution in [0.1, 0.15) is 12.8 Å². The van der Waals surface area contributed by atoms with Gasteiger partial charge in [0.2, 0.25) is 11.7 Å². The molecule has 0 saturated heterocycles. The van der Waals surface area contributed by atoms with Crippen molar-refractivity contribution in [1.29, 1.82) is 0 Å². The van der Waals surface area contributed by atoms with Crippen LogP contribution in [0, 0.1) is 0 Å². The Bertz CT molecular complexity index is 555. The van der Waals surface area contributed by atoms with Gasteiger partial charge >= 0.3 is 5.97 Å². The largest absolute Gasteiger partial charge is 0.480 e. The zero-order chi connectivity index (χ0) is 13.8. The summed E-state index contributed by atoms with van der Waals surface area (Å²) in [5.41, 5.74) is 0.617. The Labute approximate surface area is 109 Å². The summed E-state index contributed by atoms with van der Waals surface area (Å²) in [4.78, 5) is 20.7. The van der Waals surface area contributed by atoms with Gasteiger partial charge in [0.15, 0.2) is 0 Å². The summed E-state index contributed by atoms with van der Waals surface area (Å²) in [5.74, 6) is -0.143. The number of hydrogen-bond donors (Lipinski definition) is 1. The third-order valence-corrected chi connectivity index (χ3v) is 2.77. The van der Waals surface area contributed by atoms with Gasteiger partial charge in [-0.2, -0.15) is 4.98 Å². The van der Waals surface area contributed by atoms with Crippen LogP contribution in [-0.4, -0.2) is 44.2 Å². The third-order valence-electron chi connectivity index (χ3n) is 2.77. The minimum Gasteiger partial charge on any atom is -0.480 e. The number of carbonyl (C=O) groups is 1. The smallest absolute Gasteiger partial charge is 0.320 e. The number of hydrogen-bond acceptors (Lipinski definition) is 6. The topological polar surface area (TPSA) is 92.3 Å². The Balaban J connectivity index is 2.08. The van der Waals surface area contributed by atoms with Gasteiger partial charge in [-0.3, -0.25) is 14.7 Å². The highest BCUT2D eigenvalue weighted by Gasteiger charge is 2.19. The zero-order valence-electron chi connectivity index (χ0n) is 10.6. The lowest BCUT2D eigenvalue weighted by molar-refractivity contribution is -0.142. The fourth-order valence-corrected chi connectivity index (χ4v) is 1.46. The van der Waals surface area contributed by atoms with Crippen molar-refractivity contribution in [3.05, 3.63) is 30.3 Å². The van der Waals surface area contributed by atoms with Gasteiger partial charge in [0.1, 0.15) is 11.7 Å². The molecular weight excluding hydrogens is 248 g/mol. The lowest BCUT2D eigenvalue weighted by atomic mass is 10.3. The molecule has 0 spiro atoms. The summed E-state index contributed by atoms with van der Waals surface area (Å²) in [7, 11) is 1.68. The van der Waals surface area contributed by atoms with Crippen molar-refractivity contribution in [3.63, 3.8) is 0 Å². The van der Waals surface area contributed by atoms with Gasteiger partial charge in [0, 0.05) is 6.20 Å². The molecule has 1 atom stereocenters. The summed E-state index contributed by atoms with van der Waals surface area (Å²) in [6.45, 7) is 1.87. The van der Waals surface area contributed by atoms with Crippen LogP contribution in [0.3, 0.4) is 0 Å². The van der Waals surface area contributed by atoms with E-state index in [1.54, 1.807) is 37.2 Å². The van der Waals surface area contributed by atoms with Crippen molar-refractivity contribution < 1.29 is 14.4 Å². The van der Waals surface area contributed by atoms with Gasteiger partial charge in [0.05, 0.1) is 6.54 Å². The van der Waals surface area contributed by atoms with E-state index in [2.05, 4.69) is 15.1 Å². The Morgan fingerprint density at radius 2 is 2.32 bits per heavy atom. The lowest BCUT2D eigenvalue weighted by Gasteiger charge is -2.18. The number of carboxylic acid groups (broad SMARTS) is 1. The number of aromatic nitrogens is 3. The lowest BCUT2D eigenvalue weighted by Crippen LogP contribution is -2.35. The zero-order valence-corrected chi connectivity index (χ0v) is 10.6. The summed E-state index contributed by atoms with van der Waals surface area (Å²) in [6.07, 6.45) is 1.64. The van der Waals surface area contributed by atoms with Crippen LogP contribution in [0.4, 0.5) is 0 Å². The summed E-state index contributed by atoms with van der Waals surface area (Å²) in [6, 6.07) is 4.78. The van der Waals surface area contributed by atoms with Crippen molar-refractivity contribution in [2.45, 2.75) is 19.5 Å². The molecule has 0 bridgehead atoms. The Kier molecular flexibility index (Phi) is 3.86. The maximum absolute atomic E-state index is 10.8. The van der Waals surface area contributed by atoms with E-state index < -0.39 is 12.0 Å². The molecular formula is C12H14N4O3. The van der Waals surface area contributed by atoms with Gasteiger partial charge in [-0.1, -0.05) is 11.2 Å². The minimum atomic E-state index is -0.896. The first-order valence-electron chi connectivity index (χ1n) is 5.75. The molecule has 2 aromatic heterocycles. The normalized spacial score (nSPS) is 12.6. The van der Waals surface area contributed by atoms with E-state index in [-0.39, 0.29) is 6.54 Å². The molecule has 0 aliphatic carbocycles. The summed E-state index contributed by atoms with van der Waals surface area (Å²) < 4.78 is 5.08. The van der Waals surface area contributed by atoms with Crippen molar-refractivity contribution >= 4 is 5.97 Å². The van der Waals surface area contributed by atoms with E-state index in [1.165, 1.54) is 0 Å². The fraction of sp³-hybridized carbons (Fsp3) is 0.333. The van der Waals surface area contributed by atoms with Crippen molar-refractivity contribution in [2.24, 2.45) is 0 Å². The fourth-order valence-electron chi connectivity index (χ4n) is 1.46. The second-order valence-electron chi connectivity index (χ2n) is 4.16. The molecule has 0 aromatic carbocycles. The van der Waals surface area contributed by atoms with Gasteiger partial charge in [-0.25, -0.2) is 0 Å². The molecule has 1 N–H and O–H groups in total. The van der Waals surface area contributed by atoms with E-state index in [9.17, 15) is 4.79 Å². The van der Waals surface area contributed by atoms with E-state index in [0.717, 1.165) is 0 Å². The van der Waals surface area contributed by atoms with Gasteiger partial charge in [0.25, 0.3) is 0 Å². The number of nitrogens with zero attached hydrogens (tertiary/aromatic N) is 4. The average molecular weight is 262 g/mol. The number of carboxylic acids is 1. The molecule has 19 heavy (non-hydrogen) atoms. The Morgan fingerprint density at radius 1 is 1.53 bits per heavy atom. The van der Waals surface area contributed by atoms with Crippen LogP contribution in [-0.2, 0) is 11.3 Å². The molecule has 7 heteroatoms. The summed E-state index contributed by atoms with van der Waals surface area (Å²) in [5, 5.41) is 12.7. The molecule has 0 radical (unpaired) electrons. The molecule has 0 aliphatic rings. The first kappa shape index (κ1) is 13.2. The predicted molar refractivity (Wildman–Crippen MR) is 66.1 cm³/mol. The second kappa shape index (κ2) is 5.57. The molecule has 1 unspecified atom stereocenters. The van der Waals surface area contributed by atoms with Crippen LogP contribution < -0.4 is 0 Å². The number of likely N-dealkylation sites (N-methyl/N-ethyl adjacent to an activating group) is 1. The molecule has 100 valence electrons. The minimum absolute atomic E-state index is 0.271. The number of aliphatic carboxylic acids is 1. The van der Waals surface area contributed by atoms with E-state index in [1.807, 2.05) is 6.07 Å². The maximum Gasteiger partial charge on any atom is 0.320 e. The van der Waals surface area contributed by atoms with Crippen molar-refractivity contribution in [2.75, 3.05) is 7.05 Å². The van der Waals surface area contributed by atoms with Gasteiger partial charge in [-0.15, -0.1) is 0 Å². The first-order valence-corrected chi connectivity index (χ1v) is 5.75. The molecule has 0 fully saturated rings. The van der Waals surface area contributed by atoms with Crippen molar-refractivity contribution in [1.82, 2.24) is 20.0 Å². The number of rotatable bonds is 5. The molecule has 2 heterocycles. The Hall–Kier alpha value is -2.28. The predicted octanol–water partition coefficient (Wildman–Crippen LogP) is 1.04. The van der Waals surface area contributed by atoms with E-state index >= 15 is 0 Å². The van der Waals surface area contributed by atoms with Crippen LogP contribution in [0.25, 0.3) is 11.5 Å². The highest BCUT2D eigenvalue weighted by molar-refractivity contribution is 5.72. The quantitative estimate of drug-likeness (QED) is 0.860. The van der Waals surface area contributed by atoms with Crippen LogP contribution >= 0.6 is 0 Å². The van der Waals surface area contributed by atoms with Crippen LogP contribution in [0.5, 0.6) is 0 Å². The molecule has 0 amide bonds. The van der Waals surface area contributed by atoms with Crippen molar-refractivity contribution in [3.8, 4) is 11.5 Å². The highest BCUT2D eigenvalue weighted by Crippen LogP contribution is 2.13.